The SMILES string of the molecule is C=C(C(=O)OC)[C@H](OC(C)C)O[C@@H]1O[C@H](COC(C)=O)[C@@H](OC(C)=O)[C@H](OC(C)=O)[C@H]1OC(C)=O. The largest absolute Gasteiger partial charge is 0.466 e. The Balaban J connectivity index is 3.49. The van der Waals surface area contributed by atoms with Crippen molar-refractivity contribution in [1.82, 2.24) is 0 Å². The van der Waals surface area contributed by atoms with Crippen LogP contribution in [0.1, 0.15) is 41.5 Å². The van der Waals surface area contributed by atoms with Gasteiger partial charge in [-0.1, -0.05) is 6.58 Å². The second kappa shape index (κ2) is 13.8. The van der Waals surface area contributed by atoms with Crippen molar-refractivity contribution in [2.45, 2.75) is 84.6 Å². The van der Waals surface area contributed by atoms with E-state index >= 15 is 0 Å². The van der Waals surface area contributed by atoms with E-state index in [9.17, 15) is 24.0 Å². The normalized spacial score (nSPS) is 24.6. The Kier molecular flexibility index (Phi) is 11.8. The van der Waals surface area contributed by atoms with E-state index in [1.807, 2.05) is 0 Å². The zero-order valence-electron chi connectivity index (χ0n) is 20.8. The zero-order valence-corrected chi connectivity index (χ0v) is 20.8. The third kappa shape index (κ3) is 9.62. The highest BCUT2D eigenvalue weighted by Gasteiger charge is 2.53. The maximum absolute atomic E-state index is 12.1. The fourth-order valence-corrected chi connectivity index (χ4v) is 3.09. The van der Waals surface area contributed by atoms with E-state index in [2.05, 4.69) is 11.3 Å². The van der Waals surface area contributed by atoms with Gasteiger partial charge in [-0.05, 0) is 13.8 Å². The molecule has 0 aromatic heterocycles. The fraction of sp³-hybridized carbons (Fsp3) is 0.682. The van der Waals surface area contributed by atoms with Crippen LogP contribution in [0.5, 0.6) is 0 Å². The molecule has 0 aromatic carbocycles. The van der Waals surface area contributed by atoms with E-state index in [1.54, 1.807) is 13.8 Å². The number of esters is 5. The molecule has 0 saturated carbocycles. The van der Waals surface area contributed by atoms with Gasteiger partial charge in [-0.2, -0.15) is 0 Å². The van der Waals surface area contributed by atoms with E-state index in [0.717, 1.165) is 34.8 Å². The van der Waals surface area contributed by atoms with Crippen LogP contribution in [0.15, 0.2) is 12.2 Å². The molecule has 0 spiro atoms. The predicted molar refractivity (Wildman–Crippen MR) is 114 cm³/mol. The molecule has 0 aromatic rings. The highest BCUT2D eigenvalue weighted by Crippen LogP contribution is 2.31. The molecule has 0 aliphatic carbocycles. The Morgan fingerprint density at radius 1 is 0.829 bits per heavy atom. The van der Waals surface area contributed by atoms with Gasteiger partial charge in [0.2, 0.25) is 6.29 Å². The van der Waals surface area contributed by atoms with Gasteiger partial charge in [0.1, 0.15) is 12.7 Å². The van der Waals surface area contributed by atoms with Gasteiger partial charge < -0.3 is 37.9 Å². The summed E-state index contributed by atoms with van der Waals surface area (Å²) < 4.78 is 42.8. The summed E-state index contributed by atoms with van der Waals surface area (Å²) in [6.07, 6.45) is -8.97. The van der Waals surface area contributed by atoms with Gasteiger partial charge in [-0.25, -0.2) is 4.79 Å². The summed E-state index contributed by atoms with van der Waals surface area (Å²) in [6.45, 7) is 10.9. The number of carbonyl (C=O) groups excluding carboxylic acids is 5. The van der Waals surface area contributed by atoms with Crippen molar-refractivity contribution in [3.63, 3.8) is 0 Å². The summed E-state index contributed by atoms with van der Waals surface area (Å²) in [5.41, 5.74) is -0.242. The minimum atomic E-state index is -1.55. The average Bonchev–Trinajstić information content (AvgIpc) is 2.73. The van der Waals surface area contributed by atoms with Gasteiger partial charge in [0.25, 0.3) is 0 Å². The van der Waals surface area contributed by atoms with Gasteiger partial charge in [0.15, 0.2) is 24.6 Å². The molecular weight excluding hydrogens is 472 g/mol. The van der Waals surface area contributed by atoms with Gasteiger partial charge in [0, 0.05) is 27.7 Å². The van der Waals surface area contributed by atoms with Gasteiger partial charge in [-0.15, -0.1) is 0 Å². The van der Waals surface area contributed by atoms with Crippen molar-refractivity contribution < 1.29 is 61.9 Å². The number of carbonyl (C=O) groups is 5. The number of hydrogen-bond acceptors (Lipinski definition) is 13. The van der Waals surface area contributed by atoms with Crippen LogP contribution in [0.25, 0.3) is 0 Å². The molecule has 1 saturated heterocycles. The van der Waals surface area contributed by atoms with Crippen LogP contribution in [0.3, 0.4) is 0 Å². The van der Waals surface area contributed by atoms with Crippen molar-refractivity contribution in [3.05, 3.63) is 12.2 Å². The molecule has 1 aliphatic rings. The zero-order chi connectivity index (χ0) is 26.9. The first-order valence-electron chi connectivity index (χ1n) is 10.6. The van der Waals surface area contributed by atoms with Crippen molar-refractivity contribution in [2.24, 2.45) is 0 Å². The molecule has 1 aliphatic heterocycles. The number of methoxy groups -OCH3 is 1. The number of ether oxygens (including phenoxy) is 8. The van der Waals surface area contributed by atoms with Crippen molar-refractivity contribution in [3.8, 4) is 0 Å². The van der Waals surface area contributed by atoms with Crippen LogP contribution >= 0.6 is 0 Å². The molecule has 1 rings (SSSR count). The first kappa shape index (κ1) is 30.0. The van der Waals surface area contributed by atoms with E-state index in [-0.39, 0.29) is 5.57 Å². The van der Waals surface area contributed by atoms with E-state index in [1.165, 1.54) is 0 Å². The third-order valence-electron chi connectivity index (χ3n) is 4.33. The molecule has 0 N–H and O–H groups in total. The molecule has 198 valence electrons. The van der Waals surface area contributed by atoms with Crippen LogP contribution in [-0.4, -0.2) is 86.7 Å². The summed E-state index contributed by atoms with van der Waals surface area (Å²) in [4.78, 5) is 59.0. The van der Waals surface area contributed by atoms with Crippen LogP contribution in [-0.2, 0) is 61.9 Å². The fourth-order valence-electron chi connectivity index (χ4n) is 3.09. The third-order valence-corrected chi connectivity index (χ3v) is 4.33. The van der Waals surface area contributed by atoms with Crippen LogP contribution in [0, 0.1) is 0 Å². The van der Waals surface area contributed by atoms with Crippen LogP contribution in [0.2, 0.25) is 0 Å². The standard InChI is InChI=1S/C22H32O13/c1-10(2)30-21(11(3)20(27)28-8)35-22-19(33-15(7)26)18(32-14(6)25)17(31-13(5)24)16(34-22)9-29-12(4)23/h10,16-19,21-22H,3,9H2,1-2,4-8H3/t16-,17-,18+,19-,21-,22+/m1/s1. The summed E-state index contributed by atoms with van der Waals surface area (Å²) in [5.74, 6) is -3.90. The Morgan fingerprint density at radius 3 is 1.80 bits per heavy atom. The molecular formula is C22H32O13. The number of rotatable bonds is 11. The summed E-state index contributed by atoms with van der Waals surface area (Å²) in [7, 11) is 1.13. The Labute approximate surface area is 202 Å². The molecule has 13 heteroatoms. The molecule has 1 heterocycles. The Morgan fingerprint density at radius 2 is 1.34 bits per heavy atom. The second-order valence-corrected chi connectivity index (χ2v) is 7.74. The Bertz CT molecular complexity index is 805. The lowest BCUT2D eigenvalue weighted by Crippen LogP contribution is -2.63. The lowest BCUT2D eigenvalue weighted by molar-refractivity contribution is -0.336. The molecule has 0 radical (unpaired) electrons. The minimum Gasteiger partial charge on any atom is -0.466 e. The minimum absolute atomic E-state index is 0.242. The quantitative estimate of drug-likeness (QED) is 0.166. The van der Waals surface area contributed by atoms with Crippen molar-refractivity contribution in [2.75, 3.05) is 13.7 Å². The first-order valence-corrected chi connectivity index (χ1v) is 10.6. The van der Waals surface area contributed by atoms with Gasteiger partial charge in [0.05, 0.1) is 18.8 Å². The van der Waals surface area contributed by atoms with Gasteiger partial charge >= 0.3 is 29.8 Å². The first-order chi connectivity index (χ1) is 16.3. The highest BCUT2D eigenvalue weighted by molar-refractivity contribution is 5.88. The van der Waals surface area contributed by atoms with Crippen molar-refractivity contribution >= 4 is 29.8 Å². The lowest BCUT2D eigenvalue weighted by atomic mass is 9.98. The number of hydrogen-bond donors (Lipinski definition) is 0. The second-order valence-electron chi connectivity index (χ2n) is 7.74. The maximum Gasteiger partial charge on any atom is 0.338 e. The smallest absolute Gasteiger partial charge is 0.338 e. The average molecular weight is 504 g/mol. The highest BCUT2D eigenvalue weighted by atomic mass is 16.8. The molecule has 0 unspecified atom stereocenters. The van der Waals surface area contributed by atoms with Crippen molar-refractivity contribution in [1.29, 1.82) is 0 Å². The maximum atomic E-state index is 12.1. The molecule has 35 heavy (non-hydrogen) atoms. The van der Waals surface area contributed by atoms with E-state index < -0.39 is 79.6 Å². The Hall–Kier alpha value is -3.03. The lowest BCUT2D eigenvalue weighted by Gasteiger charge is -2.44. The molecule has 6 atom stereocenters. The molecule has 0 bridgehead atoms. The molecule has 0 amide bonds. The van der Waals surface area contributed by atoms with Gasteiger partial charge in [-0.3, -0.25) is 19.2 Å². The predicted octanol–water partition coefficient (Wildman–Crippen LogP) is 0.566. The van der Waals surface area contributed by atoms with Crippen LogP contribution in [0.4, 0.5) is 0 Å². The van der Waals surface area contributed by atoms with E-state index in [0.29, 0.717) is 0 Å². The molecule has 13 nitrogen and oxygen atoms in total. The summed E-state index contributed by atoms with van der Waals surface area (Å²) >= 11 is 0. The van der Waals surface area contributed by atoms with E-state index in [4.69, 9.17) is 33.2 Å². The topological polar surface area (TPSA) is 159 Å². The van der Waals surface area contributed by atoms with Crippen LogP contribution < -0.4 is 0 Å². The summed E-state index contributed by atoms with van der Waals surface area (Å²) in [6, 6.07) is 0. The monoisotopic (exact) mass is 504 g/mol. The molecule has 1 fully saturated rings. The summed E-state index contributed by atoms with van der Waals surface area (Å²) in [5, 5.41) is 0.